The lowest BCUT2D eigenvalue weighted by molar-refractivity contribution is -0.119. The number of nitrogens with one attached hydrogen (secondary N) is 1. The molecule has 5 nitrogen and oxygen atoms in total. The summed E-state index contributed by atoms with van der Waals surface area (Å²) in [4.78, 5) is 29.8. The van der Waals surface area contributed by atoms with E-state index in [2.05, 4.69) is 10.3 Å². The van der Waals surface area contributed by atoms with Crippen LogP contribution in [0, 0.1) is 0 Å². The molecule has 0 spiro atoms. The number of carbonyl (C=O) groups excluding carboxylic acids is 2. The third-order valence-electron chi connectivity index (χ3n) is 3.68. The second-order valence-corrected chi connectivity index (χ2v) is 5.25. The van der Waals surface area contributed by atoms with Crippen molar-refractivity contribution in [3.05, 3.63) is 54.4 Å². The Bertz CT molecular complexity index is 668. The molecule has 22 heavy (non-hydrogen) atoms. The third-order valence-corrected chi connectivity index (χ3v) is 3.68. The maximum absolute atomic E-state index is 12.1. The first-order chi connectivity index (χ1) is 10.7. The van der Waals surface area contributed by atoms with E-state index in [-0.39, 0.29) is 11.8 Å². The normalized spacial score (nSPS) is 14.7. The fraction of sp³-hybridized carbons (Fsp3) is 0.235. The van der Waals surface area contributed by atoms with Gasteiger partial charge in [0.1, 0.15) is 0 Å². The SMILES string of the molecule is O=C(Nc1cccnc1)c1ccc(N2CCCCC2=O)cc1. The van der Waals surface area contributed by atoms with Crippen molar-refractivity contribution in [1.82, 2.24) is 4.98 Å². The van der Waals surface area contributed by atoms with Crippen molar-refractivity contribution >= 4 is 23.2 Å². The second-order valence-electron chi connectivity index (χ2n) is 5.25. The summed E-state index contributed by atoms with van der Waals surface area (Å²) in [5.41, 5.74) is 2.06. The van der Waals surface area contributed by atoms with Crippen molar-refractivity contribution in [2.45, 2.75) is 19.3 Å². The van der Waals surface area contributed by atoms with Gasteiger partial charge in [-0.2, -0.15) is 0 Å². The molecule has 1 fully saturated rings. The first-order valence-electron chi connectivity index (χ1n) is 7.36. The van der Waals surface area contributed by atoms with Gasteiger partial charge in [0.15, 0.2) is 0 Å². The molecular formula is C17H17N3O2. The summed E-state index contributed by atoms with van der Waals surface area (Å²) in [5, 5.41) is 2.78. The quantitative estimate of drug-likeness (QED) is 0.947. The van der Waals surface area contributed by atoms with E-state index in [9.17, 15) is 9.59 Å². The molecule has 0 atom stereocenters. The number of pyridine rings is 1. The molecule has 1 aliphatic heterocycles. The summed E-state index contributed by atoms with van der Waals surface area (Å²) in [7, 11) is 0. The highest BCUT2D eigenvalue weighted by Crippen LogP contribution is 2.21. The van der Waals surface area contributed by atoms with Crippen LogP contribution in [-0.2, 0) is 4.79 Å². The van der Waals surface area contributed by atoms with Crippen LogP contribution in [-0.4, -0.2) is 23.3 Å². The van der Waals surface area contributed by atoms with E-state index in [0.717, 1.165) is 25.1 Å². The number of benzene rings is 1. The number of hydrogen-bond acceptors (Lipinski definition) is 3. The fourth-order valence-electron chi connectivity index (χ4n) is 2.51. The zero-order valence-electron chi connectivity index (χ0n) is 12.2. The topological polar surface area (TPSA) is 62.3 Å². The average molecular weight is 295 g/mol. The van der Waals surface area contributed by atoms with Crippen LogP contribution in [0.4, 0.5) is 11.4 Å². The Hall–Kier alpha value is -2.69. The van der Waals surface area contributed by atoms with Gasteiger partial charge in [0, 0.05) is 30.4 Å². The Morgan fingerprint density at radius 2 is 1.95 bits per heavy atom. The molecule has 112 valence electrons. The van der Waals surface area contributed by atoms with Crippen LogP contribution >= 0.6 is 0 Å². The molecular weight excluding hydrogens is 278 g/mol. The Morgan fingerprint density at radius 1 is 1.14 bits per heavy atom. The number of anilines is 2. The Morgan fingerprint density at radius 3 is 2.64 bits per heavy atom. The van der Waals surface area contributed by atoms with E-state index in [0.29, 0.717) is 17.7 Å². The van der Waals surface area contributed by atoms with Gasteiger partial charge < -0.3 is 10.2 Å². The molecule has 2 aromatic rings. The molecule has 0 unspecified atom stereocenters. The van der Waals surface area contributed by atoms with E-state index in [1.165, 1.54) is 0 Å². The lowest BCUT2D eigenvalue weighted by atomic mass is 10.1. The lowest BCUT2D eigenvalue weighted by Crippen LogP contribution is -2.35. The zero-order valence-corrected chi connectivity index (χ0v) is 12.2. The van der Waals surface area contributed by atoms with Crippen LogP contribution in [0.3, 0.4) is 0 Å². The predicted molar refractivity (Wildman–Crippen MR) is 84.8 cm³/mol. The van der Waals surface area contributed by atoms with Crippen molar-refractivity contribution in [2.75, 3.05) is 16.8 Å². The molecule has 0 aliphatic carbocycles. The van der Waals surface area contributed by atoms with E-state index in [1.54, 1.807) is 41.6 Å². The van der Waals surface area contributed by atoms with Crippen molar-refractivity contribution in [2.24, 2.45) is 0 Å². The van der Waals surface area contributed by atoms with Gasteiger partial charge in [-0.05, 0) is 49.2 Å². The van der Waals surface area contributed by atoms with Crippen molar-refractivity contribution < 1.29 is 9.59 Å². The minimum Gasteiger partial charge on any atom is -0.321 e. The smallest absolute Gasteiger partial charge is 0.255 e. The van der Waals surface area contributed by atoms with Gasteiger partial charge in [0.25, 0.3) is 5.91 Å². The van der Waals surface area contributed by atoms with E-state index in [4.69, 9.17) is 0 Å². The largest absolute Gasteiger partial charge is 0.321 e. The van der Waals surface area contributed by atoms with Crippen molar-refractivity contribution in [3.63, 3.8) is 0 Å². The Kier molecular flexibility index (Phi) is 4.14. The number of aromatic nitrogens is 1. The average Bonchev–Trinajstić information content (AvgIpc) is 2.56. The number of carbonyl (C=O) groups is 2. The van der Waals surface area contributed by atoms with E-state index >= 15 is 0 Å². The molecule has 5 heteroatoms. The molecule has 0 saturated carbocycles. The lowest BCUT2D eigenvalue weighted by Gasteiger charge is -2.26. The van der Waals surface area contributed by atoms with Crippen molar-refractivity contribution in [1.29, 1.82) is 0 Å². The first kappa shape index (κ1) is 14.3. The highest BCUT2D eigenvalue weighted by atomic mass is 16.2. The molecule has 2 heterocycles. The fourth-order valence-corrected chi connectivity index (χ4v) is 2.51. The van der Waals surface area contributed by atoms with E-state index < -0.39 is 0 Å². The third kappa shape index (κ3) is 3.14. The number of nitrogens with zero attached hydrogens (tertiary/aromatic N) is 2. The molecule has 1 aliphatic rings. The Balaban J connectivity index is 1.71. The second kappa shape index (κ2) is 6.39. The summed E-state index contributed by atoms with van der Waals surface area (Å²) in [6.07, 6.45) is 5.83. The molecule has 2 amide bonds. The summed E-state index contributed by atoms with van der Waals surface area (Å²) >= 11 is 0. The summed E-state index contributed by atoms with van der Waals surface area (Å²) < 4.78 is 0. The molecule has 1 aromatic carbocycles. The van der Waals surface area contributed by atoms with Gasteiger partial charge >= 0.3 is 0 Å². The number of hydrogen-bond donors (Lipinski definition) is 1. The monoisotopic (exact) mass is 295 g/mol. The minimum atomic E-state index is -0.190. The van der Waals surface area contributed by atoms with E-state index in [1.807, 2.05) is 12.1 Å². The van der Waals surface area contributed by atoms with Crippen LogP contribution in [0.25, 0.3) is 0 Å². The predicted octanol–water partition coefficient (Wildman–Crippen LogP) is 2.85. The molecule has 1 saturated heterocycles. The van der Waals surface area contributed by atoms with Gasteiger partial charge in [-0.1, -0.05) is 0 Å². The molecule has 1 aromatic heterocycles. The molecule has 0 radical (unpaired) electrons. The molecule has 0 bridgehead atoms. The van der Waals surface area contributed by atoms with Crippen LogP contribution in [0.1, 0.15) is 29.6 Å². The van der Waals surface area contributed by atoms with Crippen molar-refractivity contribution in [3.8, 4) is 0 Å². The van der Waals surface area contributed by atoms with Crippen LogP contribution in [0.2, 0.25) is 0 Å². The van der Waals surface area contributed by atoms with Gasteiger partial charge in [-0.3, -0.25) is 14.6 Å². The number of piperidine rings is 1. The minimum absolute atomic E-state index is 0.152. The Labute approximate surface area is 129 Å². The molecule has 1 N–H and O–H groups in total. The summed E-state index contributed by atoms with van der Waals surface area (Å²) in [6, 6.07) is 10.7. The maximum Gasteiger partial charge on any atom is 0.255 e. The van der Waals surface area contributed by atoms with Crippen LogP contribution < -0.4 is 10.2 Å². The first-order valence-corrected chi connectivity index (χ1v) is 7.36. The number of amides is 2. The van der Waals surface area contributed by atoms with Gasteiger partial charge in [-0.25, -0.2) is 0 Å². The standard InChI is InChI=1S/C17H17N3O2/c21-16-5-1-2-11-20(16)15-8-6-13(7-9-15)17(22)19-14-4-3-10-18-12-14/h3-4,6-10,12H,1-2,5,11H2,(H,19,22). The van der Waals surface area contributed by atoms with Gasteiger partial charge in [-0.15, -0.1) is 0 Å². The van der Waals surface area contributed by atoms with Crippen LogP contribution in [0.15, 0.2) is 48.8 Å². The van der Waals surface area contributed by atoms with Gasteiger partial charge in [0.05, 0.1) is 11.9 Å². The highest BCUT2D eigenvalue weighted by Gasteiger charge is 2.19. The summed E-state index contributed by atoms with van der Waals surface area (Å²) in [5.74, 6) is -0.0386. The zero-order chi connectivity index (χ0) is 15.4. The maximum atomic E-state index is 12.1. The van der Waals surface area contributed by atoms with Gasteiger partial charge in [0.2, 0.25) is 5.91 Å². The summed E-state index contributed by atoms with van der Waals surface area (Å²) in [6.45, 7) is 0.750. The number of rotatable bonds is 3. The highest BCUT2D eigenvalue weighted by molar-refractivity contribution is 6.04. The van der Waals surface area contributed by atoms with Crippen LogP contribution in [0.5, 0.6) is 0 Å². The molecule has 3 rings (SSSR count).